The maximum atomic E-state index is 12.6. The second kappa shape index (κ2) is 6.48. The van der Waals surface area contributed by atoms with Crippen molar-refractivity contribution in [2.45, 2.75) is 25.9 Å². The standard InChI is InChI=1S/C17H22N2O3/c1-13-5-2-3-6-14(13)16(20)18-8-10-19(11-9-18)17(21)15-7-4-12-22-15/h2-3,5-6,15H,4,7-12H2,1H3. The fourth-order valence-corrected chi connectivity index (χ4v) is 3.09. The van der Waals surface area contributed by atoms with Crippen LogP contribution in [0.2, 0.25) is 0 Å². The van der Waals surface area contributed by atoms with Crippen molar-refractivity contribution in [1.29, 1.82) is 0 Å². The molecule has 2 amide bonds. The van der Waals surface area contributed by atoms with Crippen LogP contribution in [0, 0.1) is 6.92 Å². The molecule has 5 heteroatoms. The number of ether oxygens (including phenoxy) is 1. The van der Waals surface area contributed by atoms with Crippen LogP contribution in [-0.4, -0.2) is 60.5 Å². The number of rotatable bonds is 2. The lowest BCUT2D eigenvalue weighted by molar-refractivity contribution is -0.142. The van der Waals surface area contributed by atoms with E-state index in [2.05, 4.69) is 0 Å². The molecule has 118 valence electrons. The van der Waals surface area contributed by atoms with Crippen molar-refractivity contribution in [3.05, 3.63) is 35.4 Å². The van der Waals surface area contributed by atoms with E-state index < -0.39 is 0 Å². The molecule has 0 aliphatic carbocycles. The van der Waals surface area contributed by atoms with Gasteiger partial charge in [-0.25, -0.2) is 0 Å². The molecule has 5 nitrogen and oxygen atoms in total. The van der Waals surface area contributed by atoms with E-state index in [0.717, 1.165) is 24.0 Å². The monoisotopic (exact) mass is 302 g/mol. The summed E-state index contributed by atoms with van der Waals surface area (Å²) < 4.78 is 5.46. The Labute approximate surface area is 130 Å². The number of hydrogen-bond acceptors (Lipinski definition) is 3. The Kier molecular flexibility index (Phi) is 4.43. The third kappa shape index (κ3) is 2.99. The predicted molar refractivity (Wildman–Crippen MR) is 82.6 cm³/mol. The number of carbonyl (C=O) groups is 2. The quantitative estimate of drug-likeness (QED) is 0.831. The Morgan fingerprint density at radius 2 is 1.77 bits per heavy atom. The molecule has 3 rings (SSSR count). The van der Waals surface area contributed by atoms with Crippen LogP contribution in [0.5, 0.6) is 0 Å². The summed E-state index contributed by atoms with van der Waals surface area (Å²) in [7, 11) is 0. The Bertz CT molecular complexity index is 559. The number of carbonyl (C=O) groups excluding carboxylic acids is 2. The van der Waals surface area contributed by atoms with Gasteiger partial charge in [-0.1, -0.05) is 18.2 Å². The van der Waals surface area contributed by atoms with Gasteiger partial charge in [-0.05, 0) is 31.4 Å². The van der Waals surface area contributed by atoms with E-state index in [1.807, 2.05) is 41.0 Å². The average molecular weight is 302 g/mol. The Morgan fingerprint density at radius 1 is 1.09 bits per heavy atom. The van der Waals surface area contributed by atoms with Gasteiger partial charge in [-0.15, -0.1) is 0 Å². The van der Waals surface area contributed by atoms with E-state index >= 15 is 0 Å². The highest BCUT2D eigenvalue weighted by atomic mass is 16.5. The second-order valence-corrected chi connectivity index (χ2v) is 5.93. The average Bonchev–Trinajstić information content (AvgIpc) is 3.09. The topological polar surface area (TPSA) is 49.9 Å². The van der Waals surface area contributed by atoms with E-state index in [4.69, 9.17) is 4.74 Å². The molecule has 2 heterocycles. The molecular formula is C17H22N2O3. The highest BCUT2D eigenvalue weighted by Gasteiger charge is 2.31. The fraction of sp³-hybridized carbons (Fsp3) is 0.529. The highest BCUT2D eigenvalue weighted by molar-refractivity contribution is 5.95. The van der Waals surface area contributed by atoms with E-state index in [0.29, 0.717) is 32.8 Å². The molecule has 0 saturated carbocycles. The summed E-state index contributed by atoms with van der Waals surface area (Å²) in [6, 6.07) is 7.63. The lowest BCUT2D eigenvalue weighted by Gasteiger charge is -2.36. The zero-order valence-corrected chi connectivity index (χ0v) is 13.0. The molecule has 0 spiro atoms. The summed E-state index contributed by atoms with van der Waals surface area (Å²) in [5.41, 5.74) is 1.74. The molecular weight excluding hydrogens is 280 g/mol. The molecule has 2 fully saturated rings. The van der Waals surface area contributed by atoms with Crippen LogP contribution in [0.4, 0.5) is 0 Å². The van der Waals surface area contributed by atoms with Crippen molar-refractivity contribution in [2.75, 3.05) is 32.8 Å². The first-order valence-corrected chi connectivity index (χ1v) is 7.92. The third-order valence-electron chi connectivity index (χ3n) is 4.46. The van der Waals surface area contributed by atoms with Crippen LogP contribution >= 0.6 is 0 Å². The second-order valence-electron chi connectivity index (χ2n) is 5.93. The van der Waals surface area contributed by atoms with Crippen LogP contribution < -0.4 is 0 Å². The predicted octanol–water partition coefficient (Wildman–Crippen LogP) is 1.46. The maximum absolute atomic E-state index is 12.6. The molecule has 1 aromatic carbocycles. The number of benzene rings is 1. The number of aryl methyl sites for hydroxylation is 1. The Hall–Kier alpha value is -1.88. The van der Waals surface area contributed by atoms with Gasteiger partial charge < -0.3 is 14.5 Å². The normalized spacial score (nSPS) is 22.0. The number of piperazine rings is 1. The summed E-state index contributed by atoms with van der Waals surface area (Å²) in [5.74, 6) is 0.141. The number of amides is 2. The largest absolute Gasteiger partial charge is 0.368 e. The van der Waals surface area contributed by atoms with Gasteiger partial charge in [0.15, 0.2) is 0 Å². The molecule has 0 aromatic heterocycles. The molecule has 2 saturated heterocycles. The van der Waals surface area contributed by atoms with Gasteiger partial charge in [0.2, 0.25) is 0 Å². The molecule has 0 bridgehead atoms. The summed E-state index contributed by atoms with van der Waals surface area (Å²) in [4.78, 5) is 28.5. The lowest BCUT2D eigenvalue weighted by atomic mass is 10.1. The van der Waals surface area contributed by atoms with Gasteiger partial charge in [0, 0.05) is 38.3 Å². The third-order valence-corrected chi connectivity index (χ3v) is 4.46. The maximum Gasteiger partial charge on any atom is 0.254 e. The Balaban J connectivity index is 1.58. The molecule has 1 atom stereocenters. The van der Waals surface area contributed by atoms with Gasteiger partial charge in [0.1, 0.15) is 6.10 Å². The molecule has 0 radical (unpaired) electrons. The molecule has 0 N–H and O–H groups in total. The smallest absolute Gasteiger partial charge is 0.254 e. The van der Waals surface area contributed by atoms with Crippen LogP contribution in [0.25, 0.3) is 0 Å². The minimum Gasteiger partial charge on any atom is -0.368 e. The first-order valence-electron chi connectivity index (χ1n) is 7.92. The minimum absolute atomic E-state index is 0.0577. The first-order chi connectivity index (χ1) is 10.7. The van der Waals surface area contributed by atoms with E-state index in [9.17, 15) is 9.59 Å². The molecule has 2 aliphatic heterocycles. The zero-order chi connectivity index (χ0) is 15.5. The van der Waals surface area contributed by atoms with E-state index in [1.54, 1.807) is 0 Å². The van der Waals surface area contributed by atoms with Gasteiger partial charge in [0.25, 0.3) is 11.8 Å². The van der Waals surface area contributed by atoms with Crippen molar-refractivity contribution in [2.24, 2.45) is 0 Å². The summed E-state index contributed by atoms with van der Waals surface area (Å²) in [5, 5.41) is 0. The number of hydrogen-bond donors (Lipinski definition) is 0. The van der Waals surface area contributed by atoms with Gasteiger partial charge in [-0.2, -0.15) is 0 Å². The molecule has 1 unspecified atom stereocenters. The van der Waals surface area contributed by atoms with Crippen molar-refractivity contribution in [3.8, 4) is 0 Å². The Morgan fingerprint density at radius 3 is 2.41 bits per heavy atom. The van der Waals surface area contributed by atoms with Crippen molar-refractivity contribution >= 4 is 11.8 Å². The van der Waals surface area contributed by atoms with Crippen LogP contribution in [0.15, 0.2) is 24.3 Å². The SMILES string of the molecule is Cc1ccccc1C(=O)N1CCN(C(=O)C2CCCO2)CC1. The van der Waals surface area contributed by atoms with E-state index in [1.165, 1.54) is 0 Å². The van der Waals surface area contributed by atoms with Crippen molar-refractivity contribution in [1.82, 2.24) is 9.80 Å². The van der Waals surface area contributed by atoms with Crippen LogP contribution in [0.3, 0.4) is 0 Å². The van der Waals surface area contributed by atoms with Gasteiger partial charge in [-0.3, -0.25) is 9.59 Å². The van der Waals surface area contributed by atoms with Crippen molar-refractivity contribution in [3.63, 3.8) is 0 Å². The highest BCUT2D eigenvalue weighted by Crippen LogP contribution is 2.17. The summed E-state index contributed by atoms with van der Waals surface area (Å²) in [6.07, 6.45) is 1.52. The number of nitrogens with zero attached hydrogens (tertiary/aromatic N) is 2. The van der Waals surface area contributed by atoms with E-state index in [-0.39, 0.29) is 17.9 Å². The minimum atomic E-state index is -0.265. The van der Waals surface area contributed by atoms with Crippen molar-refractivity contribution < 1.29 is 14.3 Å². The zero-order valence-electron chi connectivity index (χ0n) is 13.0. The summed E-state index contributed by atoms with van der Waals surface area (Å²) >= 11 is 0. The molecule has 22 heavy (non-hydrogen) atoms. The lowest BCUT2D eigenvalue weighted by Crippen LogP contribution is -2.52. The first kappa shape index (κ1) is 15.0. The van der Waals surface area contributed by atoms with Crippen LogP contribution in [-0.2, 0) is 9.53 Å². The molecule has 2 aliphatic rings. The van der Waals surface area contributed by atoms with Crippen LogP contribution in [0.1, 0.15) is 28.8 Å². The van der Waals surface area contributed by atoms with Gasteiger partial charge >= 0.3 is 0 Å². The molecule has 1 aromatic rings. The summed E-state index contributed by atoms with van der Waals surface area (Å²) in [6.45, 7) is 5.00. The van der Waals surface area contributed by atoms with Gasteiger partial charge in [0.05, 0.1) is 0 Å². The fourth-order valence-electron chi connectivity index (χ4n) is 3.09.